The summed E-state index contributed by atoms with van der Waals surface area (Å²) in [4.78, 5) is 11.2. The molecule has 1 aliphatic heterocycles. The van der Waals surface area contributed by atoms with E-state index in [1.807, 2.05) is 0 Å². The first-order chi connectivity index (χ1) is 6.73. The number of hydrogen-bond donors (Lipinski definition) is 2. The van der Waals surface area contributed by atoms with Crippen LogP contribution in [-0.2, 0) is 4.79 Å². The lowest BCUT2D eigenvalue weighted by atomic mass is 9.95. The van der Waals surface area contributed by atoms with Crippen LogP contribution in [0.5, 0.6) is 0 Å². The molecule has 2 fully saturated rings. The molecular formula is C10H17NO2S. The van der Waals surface area contributed by atoms with Crippen LogP contribution in [0, 0.1) is 5.92 Å². The highest BCUT2D eigenvalue weighted by atomic mass is 32.2. The zero-order valence-corrected chi connectivity index (χ0v) is 9.11. The molecule has 0 bridgehead atoms. The summed E-state index contributed by atoms with van der Waals surface area (Å²) in [5, 5.41) is 12.5. The lowest BCUT2D eigenvalue weighted by molar-refractivity contribution is -0.144. The smallest absolute Gasteiger partial charge is 0.324 e. The summed E-state index contributed by atoms with van der Waals surface area (Å²) in [7, 11) is 0. The third-order valence-corrected chi connectivity index (χ3v) is 4.35. The average molecular weight is 215 g/mol. The van der Waals surface area contributed by atoms with E-state index in [4.69, 9.17) is 0 Å². The van der Waals surface area contributed by atoms with Gasteiger partial charge < -0.3 is 10.4 Å². The van der Waals surface area contributed by atoms with Gasteiger partial charge in [-0.1, -0.05) is 0 Å². The minimum absolute atomic E-state index is 0.620. The van der Waals surface area contributed by atoms with E-state index in [-0.39, 0.29) is 0 Å². The number of carboxylic acids is 1. The molecule has 0 aromatic carbocycles. The summed E-state index contributed by atoms with van der Waals surface area (Å²) in [6.45, 7) is 0.896. The minimum atomic E-state index is -0.662. The maximum atomic E-state index is 11.2. The summed E-state index contributed by atoms with van der Waals surface area (Å²) in [5.41, 5.74) is -0.620. The van der Waals surface area contributed by atoms with Crippen molar-refractivity contribution in [3.63, 3.8) is 0 Å². The van der Waals surface area contributed by atoms with Crippen LogP contribution in [0.15, 0.2) is 0 Å². The van der Waals surface area contributed by atoms with Crippen LogP contribution < -0.4 is 5.32 Å². The van der Waals surface area contributed by atoms with E-state index in [2.05, 4.69) is 5.32 Å². The molecule has 2 rings (SSSR count). The molecule has 0 spiro atoms. The van der Waals surface area contributed by atoms with Crippen molar-refractivity contribution in [3.05, 3.63) is 0 Å². The SMILES string of the molecule is O=C(O)C1(NCC2CC2)CCCSC1. The topological polar surface area (TPSA) is 49.3 Å². The highest BCUT2D eigenvalue weighted by Gasteiger charge is 2.40. The van der Waals surface area contributed by atoms with Crippen LogP contribution in [-0.4, -0.2) is 34.7 Å². The number of hydrogen-bond acceptors (Lipinski definition) is 3. The first-order valence-corrected chi connectivity index (χ1v) is 6.45. The molecule has 4 heteroatoms. The molecule has 2 aliphatic rings. The van der Waals surface area contributed by atoms with Crippen LogP contribution in [0.2, 0.25) is 0 Å². The number of nitrogens with one attached hydrogen (secondary N) is 1. The van der Waals surface area contributed by atoms with E-state index in [0.29, 0.717) is 0 Å². The first-order valence-electron chi connectivity index (χ1n) is 5.29. The summed E-state index contributed by atoms with van der Waals surface area (Å²) in [6.07, 6.45) is 4.36. The van der Waals surface area contributed by atoms with Gasteiger partial charge in [0.15, 0.2) is 0 Å². The molecule has 1 heterocycles. The van der Waals surface area contributed by atoms with Crippen LogP contribution in [0.1, 0.15) is 25.7 Å². The van der Waals surface area contributed by atoms with Crippen LogP contribution in [0.25, 0.3) is 0 Å². The summed E-state index contributed by atoms with van der Waals surface area (Å²) < 4.78 is 0. The zero-order chi connectivity index (χ0) is 10.0. The van der Waals surface area contributed by atoms with Gasteiger partial charge >= 0.3 is 5.97 Å². The number of aliphatic carboxylic acids is 1. The third kappa shape index (κ3) is 2.23. The molecule has 0 radical (unpaired) electrons. The Morgan fingerprint density at radius 3 is 2.86 bits per heavy atom. The van der Waals surface area contributed by atoms with Crippen molar-refractivity contribution in [1.29, 1.82) is 0 Å². The van der Waals surface area contributed by atoms with Gasteiger partial charge in [0.2, 0.25) is 0 Å². The Labute approximate surface area is 88.6 Å². The van der Waals surface area contributed by atoms with Crippen LogP contribution in [0.3, 0.4) is 0 Å². The molecule has 2 N–H and O–H groups in total. The molecule has 1 atom stereocenters. The molecule has 1 saturated heterocycles. The Kier molecular flexibility index (Phi) is 3.02. The number of carboxylic acid groups (broad SMARTS) is 1. The lowest BCUT2D eigenvalue weighted by Gasteiger charge is -2.33. The van der Waals surface area contributed by atoms with Gasteiger partial charge in [0, 0.05) is 5.75 Å². The van der Waals surface area contributed by atoms with Crippen molar-refractivity contribution < 1.29 is 9.90 Å². The van der Waals surface area contributed by atoms with Crippen LogP contribution >= 0.6 is 11.8 Å². The second-order valence-corrected chi connectivity index (χ2v) is 5.47. The second-order valence-electron chi connectivity index (χ2n) is 4.37. The first kappa shape index (κ1) is 10.3. The number of rotatable bonds is 4. The fraction of sp³-hybridized carbons (Fsp3) is 0.900. The highest BCUT2D eigenvalue weighted by molar-refractivity contribution is 7.99. The quantitative estimate of drug-likeness (QED) is 0.743. The molecule has 0 aromatic heterocycles. The van der Waals surface area contributed by atoms with Crippen molar-refractivity contribution in [3.8, 4) is 0 Å². The van der Waals surface area contributed by atoms with Gasteiger partial charge in [-0.3, -0.25) is 4.79 Å². The largest absolute Gasteiger partial charge is 0.480 e. The van der Waals surface area contributed by atoms with Gasteiger partial charge in [-0.25, -0.2) is 0 Å². The number of thioether (sulfide) groups is 1. The summed E-state index contributed by atoms with van der Waals surface area (Å²) >= 11 is 1.76. The molecule has 80 valence electrons. The predicted octanol–water partition coefficient (Wildman–Crippen LogP) is 1.34. The lowest BCUT2D eigenvalue weighted by Crippen LogP contribution is -2.56. The van der Waals surface area contributed by atoms with E-state index in [1.165, 1.54) is 12.8 Å². The molecule has 1 unspecified atom stereocenters. The minimum Gasteiger partial charge on any atom is -0.480 e. The van der Waals surface area contributed by atoms with E-state index >= 15 is 0 Å². The van der Waals surface area contributed by atoms with E-state index in [0.717, 1.165) is 36.8 Å². The average Bonchev–Trinajstić information content (AvgIpc) is 2.99. The van der Waals surface area contributed by atoms with Gasteiger partial charge in [0.25, 0.3) is 0 Å². The van der Waals surface area contributed by atoms with Crippen molar-refractivity contribution in [1.82, 2.24) is 5.32 Å². The van der Waals surface area contributed by atoms with Gasteiger partial charge in [-0.15, -0.1) is 0 Å². The van der Waals surface area contributed by atoms with Gasteiger partial charge in [-0.05, 0) is 43.9 Å². The highest BCUT2D eigenvalue weighted by Crippen LogP contribution is 2.31. The molecule has 3 nitrogen and oxygen atoms in total. The Morgan fingerprint density at radius 2 is 2.36 bits per heavy atom. The van der Waals surface area contributed by atoms with Crippen LogP contribution in [0.4, 0.5) is 0 Å². The maximum absolute atomic E-state index is 11.2. The summed E-state index contributed by atoms with van der Waals surface area (Å²) in [6, 6.07) is 0. The van der Waals surface area contributed by atoms with Crippen molar-refractivity contribution >= 4 is 17.7 Å². The molecule has 1 aliphatic carbocycles. The third-order valence-electron chi connectivity index (χ3n) is 3.08. The van der Waals surface area contributed by atoms with Crippen molar-refractivity contribution in [2.24, 2.45) is 5.92 Å². The van der Waals surface area contributed by atoms with E-state index in [1.54, 1.807) is 11.8 Å². The Hall–Kier alpha value is -0.220. The Balaban J connectivity index is 1.92. The van der Waals surface area contributed by atoms with E-state index in [9.17, 15) is 9.90 Å². The Morgan fingerprint density at radius 1 is 1.57 bits per heavy atom. The van der Waals surface area contributed by atoms with Crippen molar-refractivity contribution in [2.45, 2.75) is 31.2 Å². The number of carbonyl (C=O) groups is 1. The Bertz CT molecular complexity index is 222. The normalized spacial score (nSPS) is 32.9. The fourth-order valence-corrected chi connectivity index (χ4v) is 3.05. The van der Waals surface area contributed by atoms with Gasteiger partial charge in [0.05, 0.1) is 0 Å². The molecule has 14 heavy (non-hydrogen) atoms. The van der Waals surface area contributed by atoms with Gasteiger partial charge in [-0.2, -0.15) is 11.8 Å². The summed E-state index contributed by atoms with van der Waals surface area (Å²) in [5.74, 6) is 1.93. The zero-order valence-electron chi connectivity index (χ0n) is 8.29. The molecule has 0 amide bonds. The van der Waals surface area contributed by atoms with E-state index < -0.39 is 11.5 Å². The van der Waals surface area contributed by atoms with Crippen molar-refractivity contribution in [2.75, 3.05) is 18.1 Å². The molecular weight excluding hydrogens is 198 g/mol. The molecule has 1 saturated carbocycles. The fourth-order valence-electron chi connectivity index (χ4n) is 1.84. The standard InChI is InChI=1S/C10H17NO2S/c12-9(13)10(4-1-5-14-7-10)11-6-8-2-3-8/h8,11H,1-7H2,(H,12,13). The monoisotopic (exact) mass is 215 g/mol. The van der Waals surface area contributed by atoms with Gasteiger partial charge in [0.1, 0.15) is 5.54 Å². The predicted molar refractivity (Wildman–Crippen MR) is 57.7 cm³/mol. The second kappa shape index (κ2) is 4.11. The molecule has 0 aromatic rings. The maximum Gasteiger partial charge on any atom is 0.324 e.